The predicted molar refractivity (Wildman–Crippen MR) is 71.7 cm³/mol. The summed E-state index contributed by atoms with van der Waals surface area (Å²) in [5.41, 5.74) is 0. The van der Waals surface area contributed by atoms with Crippen LogP contribution in [-0.4, -0.2) is 56.0 Å². The van der Waals surface area contributed by atoms with Crippen molar-refractivity contribution in [1.82, 2.24) is 10.2 Å². The first kappa shape index (κ1) is 16.0. The van der Waals surface area contributed by atoms with E-state index in [-0.39, 0.29) is 6.10 Å². The van der Waals surface area contributed by atoms with Crippen LogP contribution < -0.4 is 5.32 Å². The van der Waals surface area contributed by atoms with Crippen LogP contribution in [0.25, 0.3) is 0 Å². The van der Waals surface area contributed by atoms with Crippen LogP contribution in [0.4, 0.5) is 13.2 Å². The SMILES string of the molecule is CN1CCCC(NC2CCCC(OCC(F)(F)F)C2)C1. The molecule has 1 saturated heterocycles. The number of nitrogens with zero attached hydrogens (tertiary/aromatic N) is 1. The summed E-state index contributed by atoms with van der Waals surface area (Å²) in [6.07, 6.45) is 1.34. The highest BCUT2D eigenvalue weighted by Gasteiger charge is 2.32. The summed E-state index contributed by atoms with van der Waals surface area (Å²) >= 11 is 0. The van der Waals surface area contributed by atoms with Crippen LogP contribution in [0, 0.1) is 0 Å². The number of alkyl halides is 3. The van der Waals surface area contributed by atoms with Gasteiger partial charge in [-0.05, 0) is 52.1 Å². The monoisotopic (exact) mass is 294 g/mol. The lowest BCUT2D eigenvalue weighted by Crippen LogP contribution is -2.49. The highest BCUT2D eigenvalue weighted by atomic mass is 19.4. The molecule has 1 aliphatic heterocycles. The molecule has 0 bridgehead atoms. The summed E-state index contributed by atoms with van der Waals surface area (Å²) in [5, 5.41) is 3.61. The molecule has 2 rings (SSSR count). The second kappa shape index (κ2) is 7.09. The Morgan fingerprint density at radius 1 is 1.15 bits per heavy atom. The third-order valence-corrected chi connectivity index (χ3v) is 4.20. The van der Waals surface area contributed by atoms with Gasteiger partial charge in [0, 0.05) is 18.6 Å². The van der Waals surface area contributed by atoms with E-state index in [0.717, 1.165) is 38.8 Å². The summed E-state index contributed by atoms with van der Waals surface area (Å²) in [4.78, 5) is 2.31. The first-order valence-electron chi connectivity index (χ1n) is 7.55. The van der Waals surface area contributed by atoms with Crippen molar-refractivity contribution < 1.29 is 17.9 Å². The van der Waals surface area contributed by atoms with Crippen molar-refractivity contribution in [3.63, 3.8) is 0 Å². The first-order chi connectivity index (χ1) is 9.42. The number of halogens is 3. The molecular formula is C14H25F3N2O. The standard InChI is InChI=1S/C14H25F3N2O/c1-19-7-3-5-12(9-19)18-11-4-2-6-13(8-11)20-10-14(15,16)17/h11-13,18H,2-10H2,1H3. The molecule has 6 heteroatoms. The fourth-order valence-corrected chi connectivity index (χ4v) is 3.30. The van der Waals surface area contributed by atoms with Crippen molar-refractivity contribution in [3.05, 3.63) is 0 Å². The summed E-state index contributed by atoms with van der Waals surface area (Å²) in [6.45, 7) is 1.06. The summed E-state index contributed by atoms with van der Waals surface area (Å²) in [7, 11) is 2.12. The highest BCUT2D eigenvalue weighted by Crippen LogP contribution is 2.25. The minimum Gasteiger partial charge on any atom is -0.369 e. The van der Waals surface area contributed by atoms with Gasteiger partial charge in [0.2, 0.25) is 0 Å². The van der Waals surface area contributed by atoms with E-state index in [9.17, 15) is 13.2 Å². The number of piperidine rings is 1. The lowest BCUT2D eigenvalue weighted by Gasteiger charge is -2.36. The molecule has 2 aliphatic rings. The molecule has 1 heterocycles. The van der Waals surface area contributed by atoms with Crippen LogP contribution in [0.2, 0.25) is 0 Å². The van der Waals surface area contributed by atoms with Gasteiger partial charge in [-0.15, -0.1) is 0 Å². The fraction of sp³-hybridized carbons (Fsp3) is 1.00. The van der Waals surface area contributed by atoms with Gasteiger partial charge in [0.1, 0.15) is 6.61 Å². The van der Waals surface area contributed by atoms with Crippen molar-refractivity contribution in [3.8, 4) is 0 Å². The molecule has 3 unspecified atom stereocenters. The van der Waals surface area contributed by atoms with Gasteiger partial charge in [-0.1, -0.05) is 0 Å². The number of hydrogen-bond acceptors (Lipinski definition) is 3. The Morgan fingerprint density at radius 2 is 1.90 bits per heavy atom. The van der Waals surface area contributed by atoms with E-state index in [1.807, 2.05) is 0 Å². The third kappa shape index (κ3) is 5.58. The van der Waals surface area contributed by atoms with Crippen molar-refractivity contribution in [2.45, 2.75) is 62.9 Å². The first-order valence-corrected chi connectivity index (χ1v) is 7.55. The molecule has 118 valence electrons. The molecule has 0 aromatic heterocycles. The van der Waals surface area contributed by atoms with Crippen LogP contribution in [-0.2, 0) is 4.74 Å². The smallest absolute Gasteiger partial charge is 0.369 e. The summed E-state index contributed by atoms with van der Waals surface area (Å²) < 4.78 is 41.5. The molecule has 1 aliphatic carbocycles. The van der Waals surface area contributed by atoms with Gasteiger partial charge >= 0.3 is 6.18 Å². The molecule has 0 amide bonds. The van der Waals surface area contributed by atoms with E-state index in [1.165, 1.54) is 6.42 Å². The maximum atomic E-state index is 12.2. The van der Waals surface area contributed by atoms with E-state index in [4.69, 9.17) is 4.74 Å². The Kier molecular flexibility index (Phi) is 5.69. The topological polar surface area (TPSA) is 24.5 Å². The minimum absolute atomic E-state index is 0.246. The molecule has 1 saturated carbocycles. The zero-order chi connectivity index (χ0) is 14.6. The molecule has 0 aromatic rings. The van der Waals surface area contributed by atoms with E-state index in [2.05, 4.69) is 17.3 Å². The average Bonchev–Trinajstić information content (AvgIpc) is 2.36. The quantitative estimate of drug-likeness (QED) is 0.862. The minimum atomic E-state index is -4.22. The van der Waals surface area contributed by atoms with Crippen LogP contribution in [0.15, 0.2) is 0 Å². The Morgan fingerprint density at radius 3 is 2.60 bits per heavy atom. The molecule has 2 fully saturated rings. The molecule has 1 N–H and O–H groups in total. The van der Waals surface area contributed by atoms with Crippen molar-refractivity contribution in [1.29, 1.82) is 0 Å². The van der Waals surface area contributed by atoms with Crippen molar-refractivity contribution in [2.24, 2.45) is 0 Å². The number of likely N-dealkylation sites (N-methyl/N-ethyl adjacent to an activating group) is 1. The summed E-state index contributed by atoms with van der Waals surface area (Å²) in [6, 6.07) is 0.776. The molecule has 0 radical (unpaired) electrons. The Hall–Kier alpha value is -0.330. The van der Waals surface area contributed by atoms with Gasteiger partial charge in [-0.3, -0.25) is 0 Å². The van der Waals surface area contributed by atoms with E-state index in [1.54, 1.807) is 0 Å². The Balaban J connectivity index is 1.72. The predicted octanol–water partition coefficient (Wildman–Crippen LogP) is 2.56. The second-order valence-electron chi connectivity index (χ2n) is 6.18. The van der Waals surface area contributed by atoms with Crippen molar-refractivity contribution in [2.75, 3.05) is 26.7 Å². The van der Waals surface area contributed by atoms with E-state index >= 15 is 0 Å². The summed E-state index contributed by atoms with van der Waals surface area (Å²) in [5.74, 6) is 0. The zero-order valence-electron chi connectivity index (χ0n) is 12.1. The number of rotatable bonds is 4. The van der Waals surface area contributed by atoms with E-state index in [0.29, 0.717) is 18.5 Å². The fourth-order valence-electron chi connectivity index (χ4n) is 3.30. The van der Waals surface area contributed by atoms with Crippen molar-refractivity contribution >= 4 is 0 Å². The molecule has 3 nitrogen and oxygen atoms in total. The lowest BCUT2D eigenvalue weighted by atomic mass is 9.91. The number of nitrogens with one attached hydrogen (secondary N) is 1. The van der Waals surface area contributed by atoms with Crippen LogP contribution in [0.5, 0.6) is 0 Å². The van der Waals surface area contributed by atoms with Gasteiger partial charge in [0.05, 0.1) is 6.10 Å². The number of likely N-dealkylation sites (tertiary alicyclic amines) is 1. The zero-order valence-corrected chi connectivity index (χ0v) is 12.1. The number of ether oxygens (including phenoxy) is 1. The maximum absolute atomic E-state index is 12.2. The number of hydrogen-bond donors (Lipinski definition) is 1. The normalized spacial score (nSPS) is 33.3. The molecule has 0 aromatic carbocycles. The second-order valence-corrected chi connectivity index (χ2v) is 6.18. The van der Waals surface area contributed by atoms with Gasteiger partial charge in [0.15, 0.2) is 0 Å². The third-order valence-electron chi connectivity index (χ3n) is 4.20. The largest absolute Gasteiger partial charge is 0.411 e. The Bertz CT molecular complexity index is 299. The van der Waals surface area contributed by atoms with E-state index < -0.39 is 12.8 Å². The van der Waals surface area contributed by atoms with Gasteiger partial charge in [-0.25, -0.2) is 0 Å². The van der Waals surface area contributed by atoms with Gasteiger partial charge < -0.3 is 15.0 Å². The Labute approximate surface area is 118 Å². The highest BCUT2D eigenvalue weighted by molar-refractivity contribution is 4.84. The lowest BCUT2D eigenvalue weighted by molar-refractivity contribution is -0.188. The average molecular weight is 294 g/mol. The van der Waals surface area contributed by atoms with Gasteiger partial charge in [-0.2, -0.15) is 13.2 Å². The van der Waals surface area contributed by atoms with Crippen LogP contribution >= 0.6 is 0 Å². The molecule has 0 spiro atoms. The van der Waals surface area contributed by atoms with Crippen LogP contribution in [0.3, 0.4) is 0 Å². The molecular weight excluding hydrogens is 269 g/mol. The molecule has 3 atom stereocenters. The maximum Gasteiger partial charge on any atom is 0.411 e. The van der Waals surface area contributed by atoms with Gasteiger partial charge in [0.25, 0.3) is 0 Å². The van der Waals surface area contributed by atoms with Crippen LogP contribution in [0.1, 0.15) is 38.5 Å². The molecule has 20 heavy (non-hydrogen) atoms.